The van der Waals surface area contributed by atoms with Crippen molar-refractivity contribution in [3.63, 3.8) is 0 Å². The highest BCUT2D eigenvalue weighted by Gasteiger charge is 2.22. The summed E-state index contributed by atoms with van der Waals surface area (Å²) in [6.07, 6.45) is 0. The number of hydrogen-bond acceptors (Lipinski definition) is 7. The number of carbonyl (C=O) groups is 2. The Kier molecular flexibility index (Phi) is 6.53. The number of amides is 1. The number of sulfonamides is 1. The maximum Gasteiger partial charge on any atom is 0.350 e. The van der Waals surface area contributed by atoms with Crippen LogP contribution in [0.4, 0.5) is 11.4 Å². The largest absolute Gasteiger partial charge is 0.497 e. The molecule has 8 nitrogen and oxygen atoms in total. The van der Waals surface area contributed by atoms with Crippen LogP contribution in [-0.2, 0) is 14.8 Å². The molecular weight excluding hydrogens is 476 g/mol. The zero-order valence-electron chi connectivity index (χ0n) is 18.2. The number of hydrogen-bond donors (Lipinski definition) is 2. The van der Waals surface area contributed by atoms with Crippen LogP contribution in [0.1, 0.15) is 20.0 Å². The Balaban J connectivity index is 1.60. The number of esters is 1. The lowest BCUT2D eigenvalue weighted by atomic mass is 10.1. The molecule has 0 saturated heterocycles. The molecule has 0 fully saturated rings. The van der Waals surface area contributed by atoms with Crippen LogP contribution in [0.25, 0.3) is 10.1 Å². The number of thiophene rings is 1. The van der Waals surface area contributed by atoms with Gasteiger partial charge in [-0.05, 0) is 48.5 Å². The van der Waals surface area contributed by atoms with E-state index in [4.69, 9.17) is 9.47 Å². The molecule has 2 N–H and O–H groups in total. The SMILES string of the molecule is COC(=O)c1sc2ccccc2c1NC(=O)c1cccc(NS(=O)(=O)c2ccc(OC)cc2)c1. The number of fused-ring (bicyclic) bond motifs is 1. The molecule has 0 spiro atoms. The molecule has 0 atom stereocenters. The Hall–Kier alpha value is -3.89. The van der Waals surface area contributed by atoms with E-state index >= 15 is 0 Å². The van der Waals surface area contributed by atoms with Crippen LogP contribution in [0, 0.1) is 0 Å². The topological polar surface area (TPSA) is 111 Å². The van der Waals surface area contributed by atoms with Crippen molar-refractivity contribution < 1.29 is 27.5 Å². The molecule has 0 bridgehead atoms. The summed E-state index contributed by atoms with van der Waals surface area (Å²) in [5, 5.41) is 3.49. The average molecular weight is 497 g/mol. The molecule has 4 rings (SSSR count). The molecule has 0 aliphatic heterocycles. The first-order valence-electron chi connectivity index (χ1n) is 10.0. The van der Waals surface area contributed by atoms with Gasteiger partial charge in [-0.15, -0.1) is 11.3 Å². The molecule has 0 aliphatic carbocycles. The Labute approximate surface area is 200 Å². The fourth-order valence-corrected chi connectivity index (χ4v) is 5.41. The third-order valence-corrected chi connectivity index (χ3v) is 7.50. The van der Waals surface area contributed by atoms with Crippen LogP contribution in [-0.4, -0.2) is 34.5 Å². The van der Waals surface area contributed by atoms with Crippen molar-refractivity contribution in [3.8, 4) is 5.75 Å². The fraction of sp³-hybridized carbons (Fsp3) is 0.0833. The number of carbonyl (C=O) groups excluding carboxylic acids is 2. The van der Waals surface area contributed by atoms with Crippen molar-refractivity contribution in [1.82, 2.24) is 0 Å². The number of methoxy groups -OCH3 is 2. The maximum atomic E-state index is 13.0. The molecule has 0 unspecified atom stereocenters. The summed E-state index contributed by atoms with van der Waals surface area (Å²) in [5.74, 6) is -0.526. The number of ether oxygens (including phenoxy) is 2. The Morgan fingerprint density at radius 1 is 0.912 bits per heavy atom. The van der Waals surface area contributed by atoms with E-state index in [9.17, 15) is 18.0 Å². The molecule has 0 aliphatic rings. The smallest absolute Gasteiger partial charge is 0.350 e. The molecule has 0 saturated carbocycles. The van der Waals surface area contributed by atoms with Crippen molar-refractivity contribution in [2.45, 2.75) is 4.90 Å². The normalized spacial score (nSPS) is 11.1. The summed E-state index contributed by atoms with van der Waals surface area (Å²) < 4.78 is 38.7. The van der Waals surface area contributed by atoms with Gasteiger partial charge in [0.2, 0.25) is 0 Å². The van der Waals surface area contributed by atoms with Gasteiger partial charge in [-0.1, -0.05) is 24.3 Å². The van der Waals surface area contributed by atoms with Gasteiger partial charge in [-0.2, -0.15) is 0 Å². The summed E-state index contributed by atoms with van der Waals surface area (Å²) >= 11 is 1.22. The van der Waals surface area contributed by atoms with Crippen LogP contribution in [0.3, 0.4) is 0 Å². The third-order valence-electron chi connectivity index (χ3n) is 4.95. The third kappa shape index (κ3) is 4.73. The standard InChI is InChI=1S/C24H20N2O6S2/c1-31-17-10-12-18(13-11-17)34(29,30)26-16-7-5-6-15(14-16)23(27)25-21-19-8-3-4-9-20(19)33-22(21)24(28)32-2/h3-14,26H,1-2H3,(H,25,27). The quantitative estimate of drug-likeness (QED) is 0.357. The molecule has 10 heteroatoms. The number of anilines is 2. The van der Waals surface area contributed by atoms with Gasteiger partial charge in [0.15, 0.2) is 0 Å². The summed E-state index contributed by atoms with van der Waals surface area (Å²) in [5.41, 5.74) is 0.773. The molecule has 3 aromatic carbocycles. The second-order valence-corrected chi connectivity index (χ2v) is 9.84. The molecule has 1 amide bonds. The molecule has 4 aromatic rings. The molecule has 0 radical (unpaired) electrons. The number of benzene rings is 3. The van der Waals surface area contributed by atoms with Crippen LogP contribution < -0.4 is 14.8 Å². The van der Waals surface area contributed by atoms with Gasteiger partial charge in [0.05, 0.1) is 24.8 Å². The van der Waals surface area contributed by atoms with Crippen LogP contribution in [0.15, 0.2) is 77.7 Å². The Bertz CT molecular complexity index is 1480. The summed E-state index contributed by atoms with van der Waals surface area (Å²) in [4.78, 5) is 25.6. The van der Waals surface area contributed by atoms with Crippen molar-refractivity contribution >= 4 is 54.7 Å². The van der Waals surface area contributed by atoms with E-state index in [1.807, 2.05) is 12.1 Å². The van der Waals surface area contributed by atoms with Gasteiger partial charge in [-0.3, -0.25) is 9.52 Å². The van der Waals surface area contributed by atoms with Gasteiger partial charge < -0.3 is 14.8 Å². The molecular formula is C24H20N2O6S2. The second-order valence-electron chi connectivity index (χ2n) is 7.11. The fourth-order valence-electron chi connectivity index (χ4n) is 3.28. The molecule has 1 heterocycles. The summed E-state index contributed by atoms with van der Waals surface area (Å²) in [6, 6.07) is 19.3. The van der Waals surface area contributed by atoms with Crippen molar-refractivity contribution in [3.05, 3.63) is 83.2 Å². The van der Waals surface area contributed by atoms with E-state index in [0.717, 1.165) is 4.70 Å². The average Bonchev–Trinajstić information content (AvgIpc) is 3.21. The zero-order chi connectivity index (χ0) is 24.3. The molecule has 1 aromatic heterocycles. The first-order valence-corrected chi connectivity index (χ1v) is 12.3. The van der Waals surface area contributed by atoms with Gasteiger partial charge >= 0.3 is 5.97 Å². The van der Waals surface area contributed by atoms with E-state index in [0.29, 0.717) is 16.8 Å². The Morgan fingerprint density at radius 2 is 1.65 bits per heavy atom. The predicted molar refractivity (Wildman–Crippen MR) is 131 cm³/mol. The maximum absolute atomic E-state index is 13.0. The molecule has 34 heavy (non-hydrogen) atoms. The number of nitrogens with one attached hydrogen (secondary N) is 2. The predicted octanol–water partition coefficient (Wildman–Crippen LogP) is 4.75. The minimum atomic E-state index is -3.88. The van der Waals surface area contributed by atoms with Gasteiger partial charge in [0, 0.05) is 21.3 Å². The van der Waals surface area contributed by atoms with E-state index < -0.39 is 21.9 Å². The number of rotatable bonds is 7. The molecule has 174 valence electrons. The minimum absolute atomic E-state index is 0.0515. The summed E-state index contributed by atoms with van der Waals surface area (Å²) in [6.45, 7) is 0. The monoisotopic (exact) mass is 496 g/mol. The second kappa shape index (κ2) is 9.54. The Morgan fingerprint density at radius 3 is 2.35 bits per heavy atom. The van der Waals surface area contributed by atoms with Gasteiger partial charge in [0.25, 0.3) is 15.9 Å². The van der Waals surface area contributed by atoms with Crippen LogP contribution in [0.2, 0.25) is 0 Å². The van der Waals surface area contributed by atoms with E-state index in [2.05, 4.69) is 10.0 Å². The highest BCUT2D eigenvalue weighted by molar-refractivity contribution is 7.92. The lowest BCUT2D eigenvalue weighted by molar-refractivity contribution is 0.0607. The van der Waals surface area contributed by atoms with Crippen molar-refractivity contribution in [2.24, 2.45) is 0 Å². The van der Waals surface area contributed by atoms with Gasteiger partial charge in [-0.25, -0.2) is 13.2 Å². The van der Waals surface area contributed by atoms with E-state index in [1.54, 1.807) is 36.4 Å². The lowest BCUT2D eigenvalue weighted by Crippen LogP contribution is -2.16. The zero-order valence-corrected chi connectivity index (χ0v) is 19.8. The van der Waals surface area contributed by atoms with Gasteiger partial charge in [0.1, 0.15) is 10.6 Å². The van der Waals surface area contributed by atoms with Crippen molar-refractivity contribution in [2.75, 3.05) is 24.3 Å². The van der Waals surface area contributed by atoms with E-state index in [-0.39, 0.29) is 21.0 Å². The van der Waals surface area contributed by atoms with Crippen LogP contribution in [0.5, 0.6) is 5.75 Å². The van der Waals surface area contributed by atoms with Crippen LogP contribution >= 0.6 is 11.3 Å². The van der Waals surface area contributed by atoms with Crippen molar-refractivity contribution in [1.29, 1.82) is 0 Å². The summed E-state index contributed by atoms with van der Waals surface area (Å²) in [7, 11) is -1.11. The highest BCUT2D eigenvalue weighted by atomic mass is 32.2. The first-order chi connectivity index (χ1) is 16.3. The lowest BCUT2D eigenvalue weighted by Gasteiger charge is -2.11. The first kappa shape index (κ1) is 23.3. The highest BCUT2D eigenvalue weighted by Crippen LogP contribution is 2.36. The minimum Gasteiger partial charge on any atom is -0.497 e. The van der Waals surface area contributed by atoms with E-state index in [1.165, 1.54) is 49.8 Å².